The zero-order valence-electron chi connectivity index (χ0n) is 9.60. The Balaban J connectivity index is 2.10. The van der Waals surface area contributed by atoms with Crippen LogP contribution in [0.3, 0.4) is 0 Å². The number of urea groups is 1. The topological polar surface area (TPSA) is 69.6 Å². The standard InChI is InChI=1S/C11H10BrFN2O3S/c12-6-1-2-8(7(13)3-6)14-11(18)15-5-19-4-9(15)10(16)17/h1-3,9H,4-5H2,(H,14,18)(H,16,17)/t9-/m0/s1. The van der Waals surface area contributed by atoms with Gasteiger partial charge < -0.3 is 15.3 Å². The first kappa shape index (κ1) is 14.1. The molecule has 0 spiro atoms. The molecule has 1 aromatic carbocycles. The number of hydrogen-bond acceptors (Lipinski definition) is 3. The molecule has 1 aliphatic heterocycles. The number of carboxylic acids is 1. The largest absolute Gasteiger partial charge is 0.480 e. The second kappa shape index (κ2) is 5.79. The molecule has 1 atom stereocenters. The number of anilines is 1. The van der Waals surface area contributed by atoms with E-state index >= 15 is 0 Å². The van der Waals surface area contributed by atoms with Crippen LogP contribution >= 0.6 is 27.7 Å². The highest BCUT2D eigenvalue weighted by Crippen LogP contribution is 2.24. The van der Waals surface area contributed by atoms with E-state index in [4.69, 9.17) is 5.11 Å². The molecular weight excluding hydrogens is 339 g/mol. The molecule has 1 fully saturated rings. The number of rotatable bonds is 2. The lowest BCUT2D eigenvalue weighted by molar-refractivity contribution is -0.140. The van der Waals surface area contributed by atoms with E-state index in [0.29, 0.717) is 10.2 Å². The Kier molecular flexibility index (Phi) is 4.31. The Bertz CT molecular complexity index is 529. The molecule has 5 nitrogen and oxygen atoms in total. The zero-order valence-corrected chi connectivity index (χ0v) is 12.0. The molecule has 2 amide bonds. The third kappa shape index (κ3) is 3.19. The van der Waals surface area contributed by atoms with Gasteiger partial charge in [-0.05, 0) is 18.2 Å². The summed E-state index contributed by atoms with van der Waals surface area (Å²) in [4.78, 5) is 24.1. The average molecular weight is 349 g/mol. The maximum Gasteiger partial charge on any atom is 0.327 e. The molecular formula is C11H10BrFN2O3S. The van der Waals surface area contributed by atoms with Crippen molar-refractivity contribution >= 4 is 45.4 Å². The summed E-state index contributed by atoms with van der Waals surface area (Å²) >= 11 is 4.46. The minimum atomic E-state index is -1.06. The van der Waals surface area contributed by atoms with Crippen LogP contribution in [0.4, 0.5) is 14.9 Å². The molecule has 0 radical (unpaired) electrons. The first-order chi connectivity index (χ1) is 8.99. The molecule has 0 saturated carbocycles. The van der Waals surface area contributed by atoms with Gasteiger partial charge in [0.05, 0.1) is 11.6 Å². The lowest BCUT2D eigenvalue weighted by Crippen LogP contribution is -2.44. The van der Waals surface area contributed by atoms with Gasteiger partial charge in [0.2, 0.25) is 0 Å². The van der Waals surface area contributed by atoms with E-state index in [1.165, 1.54) is 28.8 Å². The maximum absolute atomic E-state index is 13.6. The summed E-state index contributed by atoms with van der Waals surface area (Å²) in [6, 6.07) is 2.74. The molecule has 102 valence electrons. The fraction of sp³-hybridized carbons (Fsp3) is 0.273. The van der Waals surface area contributed by atoms with E-state index in [2.05, 4.69) is 21.2 Å². The van der Waals surface area contributed by atoms with Gasteiger partial charge in [-0.2, -0.15) is 0 Å². The van der Waals surface area contributed by atoms with Crippen molar-refractivity contribution in [2.75, 3.05) is 16.9 Å². The number of hydrogen-bond donors (Lipinski definition) is 2. The number of aliphatic carboxylic acids is 1. The highest BCUT2D eigenvalue weighted by atomic mass is 79.9. The van der Waals surface area contributed by atoms with E-state index < -0.39 is 23.9 Å². The van der Waals surface area contributed by atoms with E-state index in [-0.39, 0.29) is 11.6 Å². The molecule has 1 aromatic rings. The van der Waals surface area contributed by atoms with E-state index in [0.717, 1.165) is 0 Å². The third-order valence-corrected chi connectivity index (χ3v) is 4.11. The molecule has 0 unspecified atom stereocenters. The average Bonchev–Trinajstić information content (AvgIpc) is 2.82. The Hall–Kier alpha value is -1.28. The maximum atomic E-state index is 13.6. The molecule has 1 heterocycles. The number of nitrogens with zero attached hydrogens (tertiary/aromatic N) is 1. The van der Waals surface area contributed by atoms with Crippen molar-refractivity contribution in [2.45, 2.75) is 6.04 Å². The number of carbonyl (C=O) groups excluding carboxylic acids is 1. The summed E-state index contributed by atoms with van der Waals surface area (Å²) in [6.45, 7) is 0. The lowest BCUT2D eigenvalue weighted by atomic mass is 10.3. The monoisotopic (exact) mass is 348 g/mol. The molecule has 8 heteroatoms. The van der Waals surface area contributed by atoms with Gasteiger partial charge in [0.1, 0.15) is 11.9 Å². The van der Waals surface area contributed by atoms with Crippen LogP contribution in [0.15, 0.2) is 22.7 Å². The van der Waals surface area contributed by atoms with Crippen LogP contribution in [0, 0.1) is 5.82 Å². The van der Waals surface area contributed by atoms with Crippen LogP contribution in [-0.2, 0) is 4.79 Å². The first-order valence-electron chi connectivity index (χ1n) is 5.32. The summed E-state index contributed by atoms with van der Waals surface area (Å²) in [5.74, 6) is -1.02. The molecule has 2 rings (SSSR count). The van der Waals surface area contributed by atoms with Crippen LogP contribution in [0.25, 0.3) is 0 Å². The molecule has 0 aromatic heterocycles. The van der Waals surface area contributed by atoms with Gasteiger partial charge in [0.15, 0.2) is 0 Å². The summed E-state index contributed by atoms with van der Waals surface area (Å²) in [5.41, 5.74) is 0.0224. The second-order valence-electron chi connectivity index (χ2n) is 3.88. The van der Waals surface area contributed by atoms with E-state index in [1.807, 2.05) is 0 Å². The summed E-state index contributed by atoms with van der Waals surface area (Å²) in [5, 5.41) is 11.4. The third-order valence-electron chi connectivity index (χ3n) is 2.60. The smallest absolute Gasteiger partial charge is 0.327 e. The summed E-state index contributed by atoms with van der Waals surface area (Å²) in [7, 11) is 0. The van der Waals surface area contributed by atoms with Gasteiger partial charge in [0.25, 0.3) is 0 Å². The van der Waals surface area contributed by atoms with Crippen LogP contribution in [-0.4, -0.2) is 39.7 Å². The van der Waals surface area contributed by atoms with Crippen molar-refractivity contribution in [3.05, 3.63) is 28.5 Å². The van der Waals surface area contributed by atoms with Gasteiger partial charge in [-0.3, -0.25) is 0 Å². The van der Waals surface area contributed by atoms with Crippen molar-refractivity contribution < 1.29 is 19.1 Å². The number of carboxylic acid groups (broad SMARTS) is 1. The number of thioether (sulfide) groups is 1. The lowest BCUT2D eigenvalue weighted by Gasteiger charge is -2.21. The highest BCUT2D eigenvalue weighted by molar-refractivity contribution is 9.10. The van der Waals surface area contributed by atoms with E-state index in [9.17, 15) is 14.0 Å². The van der Waals surface area contributed by atoms with Crippen LogP contribution < -0.4 is 5.32 Å². The number of benzene rings is 1. The van der Waals surface area contributed by atoms with Crippen LogP contribution in [0.5, 0.6) is 0 Å². The Morgan fingerprint density at radius 1 is 1.53 bits per heavy atom. The van der Waals surface area contributed by atoms with Gasteiger partial charge in [-0.1, -0.05) is 15.9 Å². The molecule has 0 aliphatic carbocycles. The SMILES string of the molecule is O=C(O)[C@@H]1CSCN1C(=O)Nc1ccc(Br)cc1F. The summed E-state index contributed by atoms with van der Waals surface area (Å²) in [6.07, 6.45) is 0. The second-order valence-corrected chi connectivity index (χ2v) is 5.79. The molecule has 1 aliphatic rings. The molecule has 0 bridgehead atoms. The van der Waals surface area contributed by atoms with Gasteiger partial charge in [-0.25, -0.2) is 14.0 Å². The minimum Gasteiger partial charge on any atom is -0.480 e. The normalized spacial score (nSPS) is 18.4. The van der Waals surface area contributed by atoms with Gasteiger partial charge in [0, 0.05) is 10.2 Å². The van der Waals surface area contributed by atoms with Gasteiger partial charge in [-0.15, -0.1) is 11.8 Å². The minimum absolute atomic E-state index is 0.0224. The van der Waals surface area contributed by atoms with Gasteiger partial charge >= 0.3 is 12.0 Å². The fourth-order valence-corrected chi connectivity index (χ4v) is 3.10. The fourth-order valence-electron chi connectivity index (χ4n) is 1.63. The van der Waals surface area contributed by atoms with Crippen molar-refractivity contribution in [3.63, 3.8) is 0 Å². The van der Waals surface area contributed by atoms with Crippen molar-refractivity contribution in [1.82, 2.24) is 4.90 Å². The highest BCUT2D eigenvalue weighted by Gasteiger charge is 2.34. The predicted molar refractivity (Wildman–Crippen MR) is 73.7 cm³/mol. The number of amides is 2. The van der Waals surface area contributed by atoms with Crippen molar-refractivity contribution in [2.24, 2.45) is 0 Å². The quantitative estimate of drug-likeness (QED) is 0.861. The number of nitrogens with one attached hydrogen (secondary N) is 1. The molecule has 19 heavy (non-hydrogen) atoms. The van der Waals surface area contributed by atoms with Crippen LogP contribution in [0.2, 0.25) is 0 Å². The molecule has 2 N–H and O–H groups in total. The summed E-state index contributed by atoms with van der Waals surface area (Å²) < 4.78 is 14.1. The zero-order chi connectivity index (χ0) is 14.0. The van der Waals surface area contributed by atoms with Crippen LogP contribution in [0.1, 0.15) is 0 Å². The Morgan fingerprint density at radius 3 is 2.89 bits per heavy atom. The number of halogens is 2. The number of carbonyl (C=O) groups is 2. The van der Waals surface area contributed by atoms with Crippen molar-refractivity contribution in [1.29, 1.82) is 0 Å². The Morgan fingerprint density at radius 2 is 2.26 bits per heavy atom. The molecule has 1 saturated heterocycles. The van der Waals surface area contributed by atoms with E-state index in [1.54, 1.807) is 6.07 Å². The predicted octanol–water partition coefficient (Wildman–Crippen LogP) is 2.58. The first-order valence-corrected chi connectivity index (χ1v) is 7.27. The Labute approximate surface area is 121 Å². The van der Waals surface area contributed by atoms with Crippen molar-refractivity contribution in [3.8, 4) is 0 Å².